The average molecular weight is 318 g/mol. The maximum atomic E-state index is 12.1. The van der Waals surface area contributed by atoms with Gasteiger partial charge in [0.25, 0.3) is 0 Å². The molecule has 0 unspecified atom stereocenters. The van der Waals surface area contributed by atoms with Crippen LogP contribution in [0.15, 0.2) is 22.5 Å². The Balaban J connectivity index is 5.46. The number of allylic oxidation sites excluding steroid dienone is 2. The Kier molecular flexibility index (Phi) is 5.53. The SMILES string of the molecule is O=S(=O)(C(=CF)CC(F)(F)F)C(=CF)CC(F)(F)F. The first-order valence-electron chi connectivity index (χ1n) is 4.30. The molecule has 19 heavy (non-hydrogen) atoms. The van der Waals surface area contributed by atoms with Crippen LogP contribution in [0.25, 0.3) is 0 Å². The summed E-state index contributed by atoms with van der Waals surface area (Å²) in [5.74, 6) is 0. The van der Waals surface area contributed by atoms with Crippen molar-refractivity contribution < 1.29 is 43.5 Å². The molecule has 11 heteroatoms. The second-order valence-corrected chi connectivity index (χ2v) is 5.29. The summed E-state index contributed by atoms with van der Waals surface area (Å²) in [6, 6.07) is 0. The normalized spacial score (nSPS) is 15.8. The van der Waals surface area contributed by atoms with Gasteiger partial charge in [-0.25, -0.2) is 17.2 Å². The van der Waals surface area contributed by atoms with Crippen molar-refractivity contribution in [1.82, 2.24) is 0 Å². The molecule has 0 aromatic rings. The summed E-state index contributed by atoms with van der Waals surface area (Å²) in [5.41, 5.74) is 0. The molecule has 0 atom stereocenters. The maximum absolute atomic E-state index is 12.1. The van der Waals surface area contributed by atoms with Gasteiger partial charge in [0.15, 0.2) is 0 Å². The first-order chi connectivity index (χ1) is 8.33. The molecule has 0 bridgehead atoms. The van der Waals surface area contributed by atoms with E-state index in [0.29, 0.717) is 0 Å². The van der Waals surface area contributed by atoms with Crippen molar-refractivity contribution in [3.63, 3.8) is 0 Å². The molecule has 0 heterocycles. The number of hydrogen-bond acceptors (Lipinski definition) is 2. The highest BCUT2D eigenvalue weighted by Gasteiger charge is 2.40. The molecule has 0 fully saturated rings. The van der Waals surface area contributed by atoms with E-state index in [0.717, 1.165) is 0 Å². The molecule has 0 rings (SSSR count). The van der Waals surface area contributed by atoms with E-state index in [1.54, 1.807) is 0 Å². The summed E-state index contributed by atoms with van der Waals surface area (Å²) in [6.45, 7) is 0. The summed E-state index contributed by atoms with van der Waals surface area (Å²) in [7, 11) is -5.50. The van der Waals surface area contributed by atoms with Crippen LogP contribution in [0.1, 0.15) is 12.8 Å². The number of sulfone groups is 1. The Morgan fingerprint density at radius 3 is 1.21 bits per heavy atom. The topological polar surface area (TPSA) is 34.1 Å². The largest absolute Gasteiger partial charge is 0.393 e. The summed E-state index contributed by atoms with van der Waals surface area (Å²) >= 11 is 0. The van der Waals surface area contributed by atoms with Gasteiger partial charge in [-0.15, -0.1) is 0 Å². The molecule has 2 nitrogen and oxygen atoms in total. The minimum atomic E-state index is -5.50. The van der Waals surface area contributed by atoms with E-state index in [1.807, 2.05) is 0 Å². The molecule has 0 saturated heterocycles. The van der Waals surface area contributed by atoms with Gasteiger partial charge in [-0.1, -0.05) is 0 Å². The molecule has 0 aliphatic heterocycles. The standard InChI is InChI=1S/C8H6F8O2S/c9-3-5(1-7(11,12)13)19(17,18)6(4-10)2-8(14,15)16/h3-4H,1-2H2. The van der Waals surface area contributed by atoms with Crippen LogP contribution in [-0.2, 0) is 9.84 Å². The smallest absolute Gasteiger partial charge is 0.219 e. The number of halogens is 8. The second-order valence-electron chi connectivity index (χ2n) is 3.24. The van der Waals surface area contributed by atoms with Crippen molar-refractivity contribution in [2.24, 2.45) is 0 Å². The minimum absolute atomic E-state index is 1.01. The third-order valence-electron chi connectivity index (χ3n) is 1.68. The molecule has 112 valence electrons. The van der Waals surface area contributed by atoms with Crippen LogP contribution < -0.4 is 0 Å². The van der Waals surface area contributed by atoms with Crippen LogP contribution in [0.5, 0.6) is 0 Å². The Labute approximate surface area is 102 Å². The van der Waals surface area contributed by atoms with E-state index in [-0.39, 0.29) is 0 Å². The van der Waals surface area contributed by atoms with E-state index in [1.165, 1.54) is 0 Å². The molecular weight excluding hydrogens is 312 g/mol. The summed E-state index contributed by atoms with van der Waals surface area (Å²) < 4.78 is 118. The van der Waals surface area contributed by atoms with E-state index in [4.69, 9.17) is 0 Å². The zero-order valence-electron chi connectivity index (χ0n) is 8.82. The van der Waals surface area contributed by atoms with E-state index in [9.17, 15) is 43.5 Å². The maximum Gasteiger partial charge on any atom is 0.393 e. The van der Waals surface area contributed by atoms with Gasteiger partial charge in [0.2, 0.25) is 9.84 Å². The Hall–Kier alpha value is -1.13. The summed E-state index contributed by atoms with van der Waals surface area (Å²) in [6.07, 6.45) is -17.0. The lowest BCUT2D eigenvalue weighted by atomic mass is 10.4. The van der Waals surface area contributed by atoms with Crippen molar-refractivity contribution in [2.75, 3.05) is 0 Å². The zero-order chi connectivity index (χ0) is 15.5. The van der Waals surface area contributed by atoms with Crippen LogP contribution in [0.2, 0.25) is 0 Å². The highest BCUT2D eigenvalue weighted by atomic mass is 32.2. The van der Waals surface area contributed by atoms with Crippen LogP contribution in [0.3, 0.4) is 0 Å². The van der Waals surface area contributed by atoms with Gasteiger partial charge in [-0.05, 0) is 0 Å². The molecule has 0 N–H and O–H groups in total. The van der Waals surface area contributed by atoms with Gasteiger partial charge in [0.1, 0.15) is 12.7 Å². The van der Waals surface area contributed by atoms with Crippen molar-refractivity contribution in [1.29, 1.82) is 0 Å². The van der Waals surface area contributed by atoms with Crippen molar-refractivity contribution >= 4 is 9.84 Å². The van der Waals surface area contributed by atoms with Crippen molar-refractivity contribution in [2.45, 2.75) is 25.2 Å². The van der Waals surface area contributed by atoms with Crippen LogP contribution >= 0.6 is 0 Å². The average Bonchev–Trinajstić information content (AvgIpc) is 2.19. The van der Waals surface area contributed by atoms with Gasteiger partial charge >= 0.3 is 12.4 Å². The molecular formula is C8H6F8O2S. The lowest BCUT2D eigenvalue weighted by Gasteiger charge is -2.13. The van der Waals surface area contributed by atoms with E-state index >= 15 is 0 Å². The van der Waals surface area contributed by atoms with Crippen LogP contribution in [0, 0.1) is 0 Å². The number of rotatable bonds is 4. The number of hydrogen-bond donors (Lipinski definition) is 0. The fourth-order valence-corrected chi connectivity index (χ4v) is 2.23. The summed E-state index contributed by atoms with van der Waals surface area (Å²) in [5, 5.41) is 0. The van der Waals surface area contributed by atoms with E-state index < -0.39 is 57.5 Å². The lowest BCUT2D eigenvalue weighted by molar-refractivity contribution is -0.126. The van der Waals surface area contributed by atoms with Gasteiger partial charge in [-0.3, -0.25) is 0 Å². The van der Waals surface area contributed by atoms with Gasteiger partial charge in [0.05, 0.1) is 22.7 Å². The Bertz CT molecular complexity index is 430. The predicted octanol–water partition coefficient (Wildman–Crippen LogP) is 3.93. The summed E-state index contributed by atoms with van der Waals surface area (Å²) in [4.78, 5) is -3.98. The molecule has 0 radical (unpaired) electrons. The fraction of sp³-hybridized carbons (Fsp3) is 0.500. The van der Waals surface area contributed by atoms with Gasteiger partial charge in [-0.2, -0.15) is 26.3 Å². The van der Waals surface area contributed by atoms with Crippen molar-refractivity contribution in [3.8, 4) is 0 Å². The molecule has 0 aromatic carbocycles. The molecule has 0 amide bonds. The van der Waals surface area contributed by atoms with Gasteiger partial charge in [0, 0.05) is 0 Å². The monoisotopic (exact) mass is 318 g/mol. The molecule has 0 saturated carbocycles. The lowest BCUT2D eigenvalue weighted by Crippen LogP contribution is -2.19. The third kappa shape index (κ3) is 6.03. The zero-order valence-corrected chi connectivity index (χ0v) is 9.63. The fourth-order valence-electron chi connectivity index (χ4n) is 0.948. The minimum Gasteiger partial charge on any atom is -0.219 e. The van der Waals surface area contributed by atoms with E-state index in [2.05, 4.69) is 0 Å². The van der Waals surface area contributed by atoms with Crippen molar-refractivity contribution in [3.05, 3.63) is 22.5 Å². The van der Waals surface area contributed by atoms with Gasteiger partial charge < -0.3 is 0 Å². The van der Waals surface area contributed by atoms with Crippen LogP contribution in [0.4, 0.5) is 35.1 Å². The molecule has 0 aliphatic carbocycles. The molecule has 0 spiro atoms. The van der Waals surface area contributed by atoms with Crippen LogP contribution in [-0.4, -0.2) is 20.8 Å². The Morgan fingerprint density at radius 2 is 1.05 bits per heavy atom. The molecule has 0 aromatic heterocycles. The highest BCUT2D eigenvalue weighted by Crippen LogP contribution is 2.35. The first kappa shape index (κ1) is 17.9. The molecule has 0 aliphatic rings. The highest BCUT2D eigenvalue weighted by molar-refractivity contribution is 7.98. The predicted molar refractivity (Wildman–Crippen MR) is 48.6 cm³/mol. The second kappa shape index (κ2) is 5.88. The first-order valence-corrected chi connectivity index (χ1v) is 5.79. The third-order valence-corrected chi connectivity index (χ3v) is 3.53. The number of alkyl halides is 6. The quantitative estimate of drug-likeness (QED) is 0.736. The Morgan fingerprint density at radius 1 is 0.789 bits per heavy atom.